The molecule has 0 bridgehead atoms. The van der Waals surface area contributed by atoms with Gasteiger partial charge in [0.1, 0.15) is 6.33 Å². The van der Waals surface area contributed by atoms with E-state index >= 15 is 0 Å². The summed E-state index contributed by atoms with van der Waals surface area (Å²) < 4.78 is 0. The molecule has 0 unspecified atom stereocenters. The molecule has 5 aromatic rings. The molecule has 5 rings (SSSR count). The molecule has 142 valence electrons. The topological polar surface area (TPSA) is 25.8 Å². The van der Waals surface area contributed by atoms with Crippen molar-refractivity contribution in [3.05, 3.63) is 122 Å². The van der Waals surface area contributed by atoms with E-state index in [4.69, 9.17) is 0 Å². The minimum atomic E-state index is 0. The standard InChI is InChI=1S/C14H10N2.2C5H5.2Fe/c1-2-6-11(5-1)13-9-14(16-10-15-13)12-7-3-4-8-12;2*1-2-4-5-3-1;;/h1-10H;2*1-5H;;/q-2;2*-1;2*+2. The zero-order valence-corrected chi connectivity index (χ0v) is 17.4. The summed E-state index contributed by atoms with van der Waals surface area (Å²) in [4.78, 5) is 8.56. The summed E-state index contributed by atoms with van der Waals surface area (Å²) in [6.07, 6.45) is 1.62. The Balaban J connectivity index is 0.000000271. The van der Waals surface area contributed by atoms with Gasteiger partial charge < -0.3 is 0 Å². The van der Waals surface area contributed by atoms with Gasteiger partial charge in [-0.3, -0.25) is 9.97 Å². The molecule has 0 atom stereocenters. The Morgan fingerprint density at radius 2 is 0.893 bits per heavy atom. The molecule has 1 aromatic heterocycles. The number of aromatic nitrogens is 2. The third-order valence-electron chi connectivity index (χ3n) is 3.70. The van der Waals surface area contributed by atoms with E-state index < -0.39 is 0 Å². The van der Waals surface area contributed by atoms with Crippen LogP contribution >= 0.6 is 0 Å². The van der Waals surface area contributed by atoms with E-state index in [0.29, 0.717) is 0 Å². The van der Waals surface area contributed by atoms with Crippen LogP contribution in [0.15, 0.2) is 122 Å². The molecule has 0 aliphatic carbocycles. The smallest absolute Gasteiger partial charge is 0.256 e. The molecular formula is C24H20Fe2N2. The summed E-state index contributed by atoms with van der Waals surface area (Å²) in [5.41, 5.74) is 4.21. The Kier molecular flexibility index (Phi) is 11.5. The molecule has 1 heterocycles. The average Bonchev–Trinajstić information content (AvgIpc) is 3.50. The number of hydrogen-bond donors (Lipinski definition) is 0. The van der Waals surface area contributed by atoms with Gasteiger partial charge >= 0.3 is 34.1 Å². The first-order valence-electron chi connectivity index (χ1n) is 8.53. The van der Waals surface area contributed by atoms with E-state index in [1.165, 1.54) is 0 Å². The molecule has 2 nitrogen and oxygen atoms in total. The summed E-state index contributed by atoms with van der Waals surface area (Å²) in [7, 11) is 0. The van der Waals surface area contributed by atoms with Crippen LogP contribution in [0.25, 0.3) is 22.5 Å². The van der Waals surface area contributed by atoms with Crippen LogP contribution in [0.4, 0.5) is 0 Å². The van der Waals surface area contributed by atoms with Crippen LogP contribution in [0.1, 0.15) is 0 Å². The van der Waals surface area contributed by atoms with Crippen molar-refractivity contribution in [1.82, 2.24) is 9.97 Å². The zero-order chi connectivity index (χ0) is 17.9. The van der Waals surface area contributed by atoms with Gasteiger partial charge in [-0.25, -0.2) is 24.3 Å². The fraction of sp³-hybridized carbons (Fsp3) is 0. The van der Waals surface area contributed by atoms with Crippen LogP contribution in [0.3, 0.4) is 0 Å². The third-order valence-corrected chi connectivity index (χ3v) is 3.70. The Bertz CT molecular complexity index is 811. The van der Waals surface area contributed by atoms with E-state index in [-0.39, 0.29) is 34.1 Å². The van der Waals surface area contributed by atoms with E-state index in [1.54, 1.807) is 6.33 Å². The molecule has 0 fully saturated rings. The fourth-order valence-electron chi connectivity index (χ4n) is 2.40. The van der Waals surface area contributed by atoms with E-state index in [2.05, 4.69) is 34.2 Å². The monoisotopic (exact) mass is 448 g/mol. The molecule has 28 heavy (non-hydrogen) atoms. The first-order chi connectivity index (χ1) is 12.9. The fourth-order valence-corrected chi connectivity index (χ4v) is 2.40. The number of hydrogen-bond acceptors (Lipinski definition) is 2. The van der Waals surface area contributed by atoms with Gasteiger partial charge in [-0.15, -0.1) is 24.3 Å². The first kappa shape index (κ1) is 23.6. The Labute approximate surface area is 187 Å². The predicted molar refractivity (Wildman–Crippen MR) is 108 cm³/mol. The maximum Gasteiger partial charge on any atom is 2.00 e. The van der Waals surface area contributed by atoms with Crippen LogP contribution in [-0.2, 0) is 34.1 Å². The van der Waals surface area contributed by atoms with Crippen molar-refractivity contribution in [2.45, 2.75) is 0 Å². The van der Waals surface area contributed by atoms with Gasteiger partial charge in [-0.1, -0.05) is 17.2 Å². The molecule has 0 radical (unpaired) electrons. The summed E-state index contributed by atoms with van der Waals surface area (Å²) in [5.74, 6) is 0. The Hall–Kier alpha value is -2.48. The summed E-state index contributed by atoms with van der Waals surface area (Å²) >= 11 is 0. The second-order valence-corrected chi connectivity index (χ2v) is 5.56. The summed E-state index contributed by atoms with van der Waals surface area (Å²) in [5, 5.41) is 0. The van der Waals surface area contributed by atoms with Crippen LogP contribution in [0.5, 0.6) is 0 Å². The van der Waals surface area contributed by atoms with Gasteiger partial charge in [0.15, 0.2) is 0 Å². The average molecular weight is 448 g/mol. The molecule has 0 N–H and O–H groups in total. The molecule has 4 heteroatoms. The SMILES string of the molecule is [Fe+2].[Fe+2].c1cc[c-](-c2cc(-[c-]3cccc3)ncn2)c1.c1cc[cH-]c1.c1cc[cH-]c1. The van der Waals surface area contributed by atoms with Crippen LogP contribution < -0.4 is 0 Å². The van der Waals surface area contributed by atoms with Crippen molar-refractivity contribution >= 4 is 0 Å². The summed E-state index contributed by atoms with van der Waals surface area (Å²) in [6.45, 7) is 0. The van der Waals surface area contributed by atoms with Gasteiger partial charge in [-0.05, 0) is 11.4 Å². The maximum absolute atomic E-state index is 4.28. The van der Waals surface area contributed by atoms with Crippen molar-refractivity contribution in [3.8, 4) is 22.5 Å². The van der Waals surface area contributed by atoms with Crippen molar-refractivity contribution in [3.63, 3.8) is 0 Å². The molecule has 0 saturated heterocycles. The summed E-state index contributed by atoms with van der Waals surface area (Å²) in [6, 6.07) is 38.3. The minimum absolute atomic E-state index is 0. The quantitative estimate of drug-likeness (QED) is 0.243. The normalized spacial score (nSPS) is 8.86. The van der Waals surface area contributed by atoms with Crippen LogP contribution in [0, 0.1) is 0 Å². The van der Waals surface area contributed by atoms with E-state index in [0.717, 1.165) is 22.5 Å². The third kappa shape index (κ3) is 7.64. The molecule has 0 saturated carbocycles. The first-order valence-corrected chi connectivity index (χ1v) is 8.53. The molecular weight excluding hydrogens is 428 g/mol. The minimum Gasteiger partial charge on any atom is -0.256 e. The second kappa shape index (κ2) is 13.7. The Morgan fingerprint density at radius 3 is 1.18 bits per heavy atom. The van der Waals surface area contributed by atoms with Gasteiger partial charge in [0.2, 0.25) is 0 Å². The van der Waals surface area contributed by atoms with Gasteiger partial charge in [0.25, 0.3) is 0 Å². The molecule has 0 aliphatic rings. The second-order valence-electron chi connectivity index (χ2n) is 5.56. The maximum atomic E-state index is 4.28. The van der Waals surface area contributed by atoms with Crippen molar-refractivity contribution in [1.29, 1.82) is 0 Å². The van der Waals surface area contributed by atoms with Gasteiger partial charge in [-0.2, -0.15) is 60.7 Å². The molecule has 0 amide bonds. The van der Waals surface area contributed by atoms with Crippen molar-refractivity contribution in [2.24, 2.45) is 0 Å². The van der Waals surface area contributed by atoms with Crippen LogP contribution in [-0.4, -0.2) is 9.97 Å². The number of rotatable bonds is 2. The van der Waals surface area contributed by atoms with Crippen molar-refractivity contribution < 1.29 is 34.1 Å². The number of nitrogens with zero attached hydrogens (tertiary/aromatic N) is 2. The van der Waals surface area contributed by atoms with E-state index in [9.17, 15) is 0 Å². The van der Waals surface area contributed by atoms with Crippen molar-refractivity contribution in [2.75, 3.05) is 0 Å². The van der Waals surface area contributed by atoms with Gasteiger partial charge in [0, 0.05) is 0 Å². The molecule has 0 aliphatic heterocycles. The largest absolute Gasteiger partial charge is 2.00 e. The van der Waals surface area contributed by atoms with Crippen LogP contribution in [0.2, 0.25) is 0 Å². The molecule has 0 spiro atoms. The van der Waals surface area contributed by atoms with E-state index in [1.807, 2.05) is 91.0 Å². The zero-order valence-electron chi connectivity index (χ0n) is 15.1. The Morgan fingerprint density at radius 1 is 0.536 bits per heavy atom. The predicted octanol–water partition coefficient (Wildman–Crippen LogP) is 6.05. The molecule has 4 aromatic carbocycles. The van der Waals surface area contributed by atoms with Gasteiger partial charge in [0.05, 0.1) is 0 Å².